The van der Waals surface area contributed by atoms with Crippen molar-refractivity contribution in [3.8, 4) is 0 Å². The summed E-state index contributed by atoms with van der Waals surface area (Å²) in [6.45, 7) is 3.91. The Balaban J connectivity index is 5.01. The number of nitrogens with two attached hydrogens (primary N) is 1. The highest BCUT2D eigenvalue weighted by molar-refractivity contribution is 7.85. The quantitative estimate of drug-likeness (QED) is 0.0515. The van der Waals surface area contributed by atoms with E-state index in [4.69, 9.17) is 15.4 Å². The number of aldehydes is 1. The number of hydrazine groups is 1. The van der Waals surface area contributed by atoms with E-state index in [0.717, 1.165) is 0 Å². The van der Waals surface area contributed by atoms with Crippen LogP contribution in [0.5, 0.6) is 0 Å². The van der Waals surface area contributed by atoms with Crippen LogP contribution in [0.15, 0.2) is 0 Å². The maximum absolute atomic E-state index is 12.8. The summed E-state index contributed by atoms with van der Waals surface area (Å²) in [5, 5.41) is 14.2. The number of unbranched alkanes of at least 4 members (excludes halogenated alkanes) is 1. The lowest BCUT2D eigenvalue weighted by Crippen LogP contribution is -2.57. The molecule has 12 nitrogen and oxygen atoms in total. The standard InChI is InChI=1S/C18H37N5O7S/c1-13(2)10-16(23-20-8-5-9-31(28,29)30)18(27)22-15(6-3-4-7-19)17(26)21-14(11-24)12-25/h11,13-16,20,23,25H,3-10,12,19H2,1-2H3,(H,21,26)(H,22,27)(H,28,29,30)/t14-,15+,16+/m1/s1. The monoisotopic (exact) mass is 467 g/mol. The maximum atomic E-state index is 12.8. The Kier molecular flexibility index (Phi) is 15.2. The van der Waals surface area contributed by atoms with Gasteiger partial charge < -0.3 is 26.3 Å². The molecule has 0 bridgehead atoms. The minimum atomic E-state index is -4.05. The van der Waals surface area contributed by atoms with Crippen molar-refractivity contribution in [1.29, 1.82) is 0 Å². The largest absolute Gasteiger partial charge is 0.394 e. The van der Waals surface area contributed by atoms with Gasteiger partial charge in [-0.3, -0.25) is 19.6 Å². The third kappa shape index (κ3) is 14.9. The minimum Gasteiger partial charge on any atom is -0.394 e. The number of aliphatic hydroxyl groups excluding tert-OH is 1. The van der Waals surface area contributed by atoms with Crippen molar-refractivity contribution in [2.45, 2.75) is 64.1 Å². The molecule has 2 amide bonds. The lowest BCUT2D eigenvalue weighted by atomic mass is 10.0. The Morgan fingerprint density at radius 2 is 1.71 bits per heavy atom. The average molecular weight is 468 g/mol. The van der Waals surface area contributed by atoms with Crippen LogP contribution in [0.4, 0.5) is 0 Å². The molecule has 31 heavy (non-hydrogen) atoms. The molecule has 3 atom stereocenters. The summed E-state index contributed by atoms with van der Waals surface area (Å²) in [5.74, 6) is -1.30. The molecule has 0 aromatic carbocycles. The predicted octanol–water partition coefficient (Wildman–Crippen LogP) is -1.94. The van der Waals surface area contributed by atoms with Crippen molar-refractivity contribution in [1.82, 2.24) is 21.5 Å². The van der Waals surface area contributed by atoms with E-state index >= 15 is 0 Å². The van der Waals surface area contributed by atoms with Gasteiger partial charge in [0.25, 0.3) is 10.1 Å². The molecule has 8 N–H and O–H groups in total. The van der Waals surface area contributed by atoms with Gasteiger partial charge in [-0.15, -0.1) is 0 Å². The molecule has 0 spiro atoms. The van der Waals surface area contributed by atoms with Crippen molar-refractivity contribution in [2.75, 3.05) is 25.4 Å². The number of nitrogens with one attached hydrogen (secondary N) is 4. The van der Waals surface area contributed by atoms with Crippen LogP contribution in [0.3, 0.4) is 0 Å². The van der Waals surface area contributed by atoms with Crippen LogP contribution in [0.25, 0.3) is 0 Å². The highest BCUT2D eigenvalue weighted by atomic mass is 32.2. The molecular weight excluding hydrogens is 430 g/mol. The molecule has 0 aromatic heterocycles. The number of amides is 2. The Labute approximate surface area is 183 Å². The Bertz CT molecular complexity index is 645. The zero-order valence-corrected chi connectivity index (χ0v) is 19.0. The van der Waals surface area contributed by atoms with E-state index in [9.17, 15) is 22.8 Å². The molecular formula is C18H37N5O7S. The van der Waals surface area contributed by atoms with Crippen LogP contribution in [0.2, 0.25) is 0 Å². The van der Waals surface area contributed by atoms with Gasteiger partial charge in [0.1, 0.15) is 24.4 Å². The van der Waals surface area contributed by atoms with E-state index in [-0.39, 0.29) is 18.9 Å². The first-order valence-corrected chi connectivity index (χ1v) is 12.0. The molecule has 0 unspecified atom stereocenters. The van der Waals surface area contributed by atoms with Gasteiger partial charge in [0.15, 0.2) is 0 Å². The first kappa shape index (κ1) is 29.4. The second-order valence-electron chi connectivity index (χ2n) is 7.67. The Hall–Kier alpha value is -1.64. The summed E-state index contributed by atoms with van der Waals surface area (Å²) < 4.78 is 30.3. The maximum Gasteiger partial charge on any atom is 0.264 e. The molecule has 0 rings (SSSR count). The van der Waals surface area contributed by atoms with Gasteiger partial charge in [-0.05, 0) is 44.6 Å². The summed E-state index contributed by atoms with van der Waals surface area (Å²) in [5.41, 5.74) is 11.1. The molecule has 0 aliphatic carbocycles. The average Bonchev–Trinajstić information content (AvgIpc) is 2.68. The normalized spacial score (nSPS) is 14.6. The third-order valence-corrected chi connectivity index (χ3v) is 5.08. The fourth-order valence-electron chi connectivity index (χ4n) is 2.68. The first-order valence-electron chi connectivity index (χ1n) is 10.3. The summed E-state index contributed by atoms with van der Waals surface area (Å²) in [6.07, 6.45) is 2.52. The van der Waals surface area contributed by atoms with Gasteiger partial charge in [-0.2, -0.15) is 8.42 Å². The third-order valence-electron chi connectivity index (χ3n) is 4.27. The molecule has 0 aliphatic heterocycles. The fraction of sp³-hybridized carbons (Fsp3) is 0.833. The van der Waals surface area contributed by atoms with Crippen LogP contribution in [-0.2, 0) is 24.5 Å². The second kappa shape index (κ2) is 16.1. The molecule has 0 saturated carbocycles. The van der Waals surface area contributed by atoms with Gasteiger partial charge in [-0.1, -0.05) is 13.8 Å². The smallest absolute Gasteiger partial charge is 0.264 e. The zero-order valence-electron chi connectivity index (χ0n) is 18.2. The van der Waals surface area contributed by atoms with E-state index in [1.54, 1.807) is 0 Å². The van der Waals surface area contributed by atoms with E-state index in [1.165, 1.54) is 0 Å². The van der Waals surface area contributed by atoms with E-state index in [1.807, 2.05) is 13.8 Å². The van der Waals surface area contributed by atoms with Crippen molar-refractivity contribution in [3.05, 3.63) is 0 Å². The second-order valence-corrected chi connectivity index (χ2v) is 9.24. The molecule has 0 saturated heterocycles. The van der Waals surface area contributed by atoms with E-state index in [2.05, 4.69) is 21.5 Å². The van der Waals surface area contributed by atoms with Gasteiger partial charge in [0, 0.05) is 6.54 Å². The van der Waals surface area contributed by atoms with Crippen molar-refractivity contribution in [2.24, 2.45) is 11.7 Å². The Morgan fingerprint density at radius 3 is 2.23 bits per heavy atom. The minimum absolute atomic E-state index is 0.139. The number of hydrogen-bond donors (Lipinski definition) is 7. The molecule has 0 heterocycles. The number of rotatable bonds is 18. The Morgan fingerprint density at radius 1 is 1.06 bits per heavy atom. The molecule has 0 fully saturated rings. The summed E-state index contributed by atoms with van der Waals surface area (Å²) >= 11 is 0. The highest BCUT2D eigenvalue weighted by Gasteiger charge is 2.27. The molecule has 0 aromatic rings. The molecule has 13 heteroatoms. The zero-order chi connectivity index (χ0) is 23.9. The molecule has 0 radical (unpaired) electrons. The van der Waals surface area contributed by atoms with Gasteiger partial charge in [-0.25, -0.2) is 5.43 Å². The molecule has 182 valence electrons. The number of hydrogen-bond acceptors (Lipinski definition) is 9. The van der Waals surface area contributed by atoms with Crippen LogP contribution >= 0.6 is 0 Å². The summed E-state index contributed by atoms with van der Waals surface area (Å²) in [6, 6.07) is -2.69. The van der Waals surface area contributed by atoms with Crippen molar-refractivity contribution in [3.63, 3.8) is 0 Å². The van der Waals surface area contributed by atoms with Gasteiger partial charge >= 0.3 is 0 Å². The lowest BCUT2D eigenvalue weighted by molar-refractivity contribution is -0.131. The van der Waals surface area contributed by atoms with Crippen LogP contribution in [-0.4, -0.2) is 79.8 Å². The predicted molar refractivity (Wildman–Crippen MR) is 115 cm³/mol. The van der Waals surface area contributed by atoms with Gasteiger partial charge in [0.05, 0.1) is 12.4 Å². The molecule has 0 aliphatic rings. The topological polar surface area (TPSA) is 200 Å². The fourth-order valence-corrected chi connectivity index (χ4v) is 3.19. The summed E-state index contributed by atoms with van der Waals surface area (Å²) in [7, 11) is -4.05. The lowest BCUT2D eigenvalue weighted by Gasteiger charge is -2.25. The van der Waals surface area contributed by atoms with Gasteiger partial charge in [0.2, 0.25) is 11.8 Å². The van der Waals surface area contributed by atoms with E-state index in [0.29, 0.717) is 38.5 Å². The van der Waals surface area contributed by atoms with Crippen molar-refractivity contribution >= 4 is 28.2 Å². The van der Waals surface area contributed by atoms with Crippen LogP contribution < -0.4 is 27.2 Å². The summed E-state index contributed by atoms with van der Waals surface area (Å²) in [4.78, 5) is 36.2. The SMILES string of the molecule is CC(C)C[C@H](NNCCCS(=O)(=O)O)C(=O)N[C@@H](CCCCN)C(=O)N[C@H](C=O)CO. The number of aliphatic hydroxyl groups is 1. The number of carbonyl (C=O) groups excluding carboxylic acids is 3. The van der Waals surface area contributed by atoms with Crippen LogP contribution in [0, 0.1) is 5.92 Å². The number of carbonyl (C=O) groups is 3. The van der Waals surface area contributed by atoms with Crippen molar-refractivity contribution < 1.29 is 32.5 Å². The van der Waals surface area contributed by atoms with Crippen LogP contribution in [0.1, 0.15) is 46.0 Å². The first-order chi connectivity index (χ1) is 14.5. The highest BCUT2D eigenvalue weighted by Crippen LogP contribution is 2.07. The van der Waals surface area contributed by atoms with E-state index < -0.39 is 52.4 Å².